The summed E-state index contributed by atoms with van der Waals surface area (Å²) in [5.74, 6) is 0.199. The lowest BCUT2D eigenvalue weighted by Gasteiger charge is -2.34. The van der Waals surface area contributed by atoms with Crippen LogP contribution >= 0.6 is 0 Å². The molecule has 108 valence electrons. The Labute approximate surface area is 118 Å². The van der Waals surface area contributed by atoms with Crippen LogP contribution in [0.4, 0.5) is 0 Å². The Balaban J connectivity index is 1.74. The van der Waals surface area contributed by atoms with Crippen LogP contribution in [0.2, 0.25) is 0 Å². The van der Waals surface area contributed by atoms with Crippen LogP contribution in [0.5, 0.6) is 5.75 Å². The SMILES string of the molecule is Cc1ccc2c(c1)CC(CC1(C(=O)O)CCOCC1)O2. The maximum atomic E-state index is 11.7. The second kappa shape index (κ2) is 5.09. The molecule has 1 aromatic rings. The van der Waals surface area contributed by atoms with Crippen LogP contribution in [0.15, 0.2) is 18.2 Å². The molecule has 2 heterocycles. The molecular weight excluding hydrogens is 256 g/mol. The van der Waals surface area contributed by atoms with E-state index in [1.54, 1.807) is 0 Å². The molecule has 1 fully saturated rings. The van der Waals surface area contributed by atoms with Gasteiger partial charge >= 0.3 is 5.97 Å². The Kier molecular flexibility index (Phi) is 3.42. The van der Waals surface area contributed by atoms with Gasteiger partial charge in [-0.3, -0.25) is 4.79 Å². The standard InChI is InChI=1S/C16H20O4/c1-11-2-3-14-12(8-11)9-13(20-14)10-16(15(17)18)4-6-19-7-5-16/h2-3,8,13H,4-7,9-10H2,1H3,(H,17,18). The number of carbonyl (C=O) groups is 1. The highest BCUT2D eigenvalue weighted by Crippen LogP contribution is 2.40. The quantitative estimate of drug-likeness (QED) is 0.922. The molecule has 1 aromatic carbocycles. The van der Waals surface area contributed by atoms with Crippen molar-refractivity contribution in [1.82, 2.24) is 0 Å². The minimum absolute atomic E-state index is 0.0269. The Morgan fingerprint density at radius 1 is 1.40 bits per heavy atom. The molecule has 1 unspecified atom stereocenters. The monoisotopic (exact) mass is 276 g/mol. The van der Waals surface area contributed by atoms with Gasteiger partial charge in [-0.05, 0) is 31.4 Å². The number of ether oxygens (including phenoxy) is 2. The van der Waals surface area contributed by atoms with E-state index in [1.807, 2.05) is 12.1 Å². The molecule has 4 nitrogen and oxygen atoms in total. The van der Waals surface area contributed by atoms with E-state index in [4.69, 9.17) is 9.47 Å². The molecule has 0 saturated carbocycles. The van der Waals surface area contributed by atoms with Gasteiger partial charge in [0, 0.05) is 26.1 Å². The largest absolute Gasteiger partial charge is 0.490 e. The summed E-state index contributed by atoms with van der Waals surface area (Å²) in [4.78, 5) is 11.7. The summed E-state index contributed by atoms with van der Waals surface area (Å²) in [6, 6.07) is 6.15. The smallest absolute Gasteiger partial charge is 0.309 e. The zero-order chi connectivity index (χ0) is 14.2. The normalized spacial score (nSPS) is 23.9. The van der Waals surface area contributed by atoms with Crippen molar-refractivity contribution in [1.29, 1.82) is 0 Å². The van der Waals surface area contributed by atoms with E-state index in [0.717, 1.165) is 12.2 Å². The fraction of sp³-hybridized carbons (Fsp3) is 0.562. The highest BCUT2D eigenvalue weighted by atomic mass is 16.5. The highest BCUT2D eigenvalue weighted by Gasteiger charge is 2.43. The van der Waals surface area contributed by atoms with Gasteiger partial charge in [-0.1, -0.05) is 17.7 Å². The molecule has 0 amide bonds. The minimum atomic E-state index is -0.712. The molecule has 2 aliphatic rings. The first kappa shape index (κ1) is 13.4. The molecule has 0 spiro atoms. The molecule has 3 rings (SSSR count). The predicted molar refractivity (Wildman–Crippen MR) is 74.0 cm³/mol. The third-order valence-electron chi connectivity index (χ3n) is 4.48. The number of carboxylic acids is 1. The lowest BCUT2D eigenvalue weighted by molar-refractivity contribution is -0.157. The number of rotatable bonds is 3. The zero-order valence-corrected chi connectivity index (χ0v) is 11.7. The number of hydrogen-bond acceptors (Lipinski definition) is 3. The molecule has 1 atom stereocenters. The average molecular weight is 276 g/mol. The van der Waals surface area contributed by atoms with Crippen molar-refractivity contribution in [3.05, 3.63) is 29.3 Å². The zero-order valence-electron chi connectivity index (χ0n) is 11.7. The van der Waals surface area contributed by atoms with Gasteiger partial charge in [0.05, 0.1) is 5.41 Å². The van der Waals surface area contributed by atoms with Crippen LogP contribution in [0.25, 0.3) is 0 Å². The Morgan fingerprint density at radius 3 is 2.85 bits per heavy atom. The Bertz CT molecular complexity index is 517. The van der Waals surface area contributed by atoms with Crippen LogP contribution < -0.4 is 4.74 Å². The van der Waals surface area contributed by atoms with Crippen molar-refractivity contribution in [2.45, 2.75) is 38.7 Å². The van der Waals surface area contributed by atoms with Gasteiger partial charge in [0.25, 0.3) is 0 Å². The van der Waals surface area contributed by atoms with Crippen molar-refractivity contribution < 1.29 is 19.4 Å². The summed E-state index contributed by atoms with van der Waals surface area (Å²) in [7, 11) is 0. The van der Waals surface area contributed by atoms with Crippen LogP contribution in [0, 0.1) is 12.3 Å². The highest BCUT2D eigenvalue weighted by molar-refractivity contribution is 5.74. The number of carboxylic acid groups (broad SMARTS) is 1. The summed E-state index contributed by atoms with van der Waals surface area (Å²) in [5.41, 5.74) is 1.73. The summed E-state index contributed by atoms with van der Waals surface area (Å²) in [6.45, 7) is 3.13. The van der Waals surface area contributed by atoms with Gasteiger partial charge in [-0.15, -0.1) is 0 Å². The van der Waals surface area contributed by atoms with Crippen molar-refractivity contribution in [2.75, 3.05) is 13.2 Å². The summed E-state index contributed by atoms with van der Waals surface area (Å²) >= 11 is 0. The van der Waals surface area contributed by atoms with E-state index < -0.39 is 11.4 Å². The molecule has 0 bridgehead atoms. The molecule has 1 saturated heterocycles. The molecule has 4 heteroatoms. The van der Waals surface area contributed by atoms with Crippen LogP contribution in [-0.2, 0) is 16.0 Å². The van der Waals surface area contributed by atoms with Crippen molar-refractivity contribution >= 4 is 5.97 Å². The summed E-state index contributed by atoms with van der Waals surface area (Å²) in [6.07, 6.45) is 2.52. The molecule has 0 aliphatic carbocycles. The topological polar surface area (TPSA) is 55.8 Å². The number of aliphatic carboxylic acids is 1. The first-order valence-corrected chi connectivity index (χ1v) is 7.16. The van der Waals surface area contributed by atoms with E-state index in [1.165, 1.54) is 11.1 Å². The van der Waals surface area contributed by atoms with Gasteiger partial charge < -0.3 is 14.6 Å². The fourth-order valence-electron chi connectivity index (χ4n) is 3.27. The number of fused-ring (bicyclic) bond motifs is 1. The van der Waals surface area contributed by atoms with Crippen molar-refractivity contribution in [3.8, 4) is 5.75 Å². The van der Waals surface area contributed by atoms with Crippen LogP contribution in [-0.4, -0.2) is 30.4 Å². The van der Waals surface area contributed by atoms with Gasteiger partial charge in [0.1, 0.15) is 11.9 Å². The van der Waals surface area contributed by atoms with E-state index in [-0.39, 0.29) is 6.10 Å². The second-order valence-electron chi connectivity index (χ2n) is 5.96. The number of benzene rings is 1. The number of aryl methyl sites for hydroxylation is 1. The lowest BCUT2D eigenvalue weighted by Crippen LogP contribution is -2.41. The molecule has 2 aliphatic heterocycles. The fourth-order valence-corrected chi connectivity index (χ4v) is 3.27. The van der Waals surface area contributed by atoms with Crippen molar-refractivity contribution in [2.24, 2.45) is 5.41 Å². The molecule has 0 radical (unpaired) electrons. The second-order valence-corrected chi connectivity index (χ2v) is 5.96. The lowest BCUT2D eigenvalue weighted by atomic mass is 9.75. The average Bonchev–Trinajstić information content (AvgIpc) is 2.80. The van der Waals surface area contributed by atoms with Gasteiger partial charge in [0.15, 0.2) is 0 Å². The first-order chi connectivity index (χ1) is 9.59. The molecule has 1 N–H and O–H groups in total. The third-order valence-corrected chi connectivity index (χ3v) is 4.48. The minimum Gasteiger partial charge on any atom is -0.490 e. The van der Waals surface area contributed by atoms with E-state index in [2.05, 4.69) is 13.0 Å². The van der Waals surface area contributed by atoms with Gasteiger partial charge in [-0.25, -0.2) is 0 Å². The van der Waals surface area contributed by atoms with Crippen molar-refractivity contribution in [3.63, 3.8) is 0 Å². The third kappa shape index (κ3) is 2.40. The number of hydrogen-bond donors (Lipinski definition) is 1. The maximum absolute atomic E-state index is 11.7. The molecule has 20 heavy (non-hydrogen) atoms. The van der Waals surface area contributed by atoms with Crippen LogP contribution in [0.3, 0.4) is 0 Å². The van der Waals surface area contributed by atoms with E-state index in [0.29, 0.717) is 32.5 Å². The van der Waals surface area contributed by atoms with Gasteiger partial charge in [-0.2, -0.15) is 0 Å². The van der Waals surface area contributed by atoms with Crippen LogP contribution in [0.1, 0.15) is 30.4 Å². The first-order valence-electron chi connectivity index (χ1n) is 7.16. The Hall–Kier alpha value is -1.55. The van der Waals surface area contributed by atoms with E-state index in [9.17, 15) is 9.90 Å². The summed E-state index contributed by atoms with van der Waals surface area (Å²) < 4.78 is 11.2. The summed E-state index contributed by atoms with van der Waals surface area (Å²) in [5, 5.41) is 9.60. The Morgan fingerprint density at radius 2 is 2.15 bits per heavy atom. The maximum Gasteiger partial charge on any atom is 0.309 e. The molecular formula is C16H20O4. The van der Waals surface area contributed by atoms with Gasteiger partial charge in [0.2, 0.25) is 0 Å². The van der Waals surface area contributed by atoms with E-state index >= 15 is 0 Å². The molecule has 0 aromatic heterocycles. The predicted octanol–water partition coefficient (Wildman–Crippen LogP) is 2.57.